The lowest BCUT2D eigenvalue weighted by Gasteiger charge is -2.17. The van der Waals surface area contributed by atoms with Crippen LogP contribution in [-0.4, -0.2) is 48.3 Å². The maximum atomic E-state index is 5.71. The molecule has 0 aliphatic heterocycles. The van der Waals surface area contributed by atoms with Crippen LogP contribution in [0, 0.1) is 3.57 Å². The van der Waals surface area contributed by atoms with Gasteiger partial charge in [-0.05, 0) is 72.2 Å². The van der Waals surface area contributed by atoms with Gasteiger partial charge in [0.15, 0.2) is 11.5 Å². The highest BCUT2D eigenvalue weighted by atomic mass is 127. The average Bonchev–Trinajstić information content (AvgIpc) is 3.55. The molecule has 4 aromatic rings. The van der Waals surface area contributed by atoms with Crippen molar-refractivity contribution in [3.05, 3.63) is 118 Å². The first-order valence-electron chi connectivity index (χ1n) is 12.4. The van der Waals surface area contributed by atoms with Crippen LogP contribution in [-0.2, 0) is 13.2 Å². The lowest BCUT2D eigenvalue weighted by atomic mass is 10.2. The van der Waals surface area contributed by atoms with Crippen LogP contribution in [0.1, 0.15) is 42.2 Å². The topological polar surface area (TPSA) is 77.0 Å². The molecule has 0 aliphatic carbocycles. The Morgan fingerprint density at radius 3 is 1.82 bits per heavy atom. The molecule has 0 saturated heterocycles. The van der Waals surface area contributed by atoms with Crippen LogP contribution in [0.3, 0.4) is 0 Å². The van der Waals surface area contributed by atoms with Crippen molar-refractivity contribution in [2.24, 2.45) is 0 Å². The fourth-order valence-electron chi connectivity index (χ4n) is 3.62. The second-order valence-electron chi connectivity index (χ2n) is 9.07. The van der Waals surface area contributed by atoms with Gasteiger partial charge in [0.2, 0.25) is 0 Å². The van der Waals surface area contributed by atoms with E-state index in [1.165, 1.54) is 0 Å². The molecule has 40 heavy (non-hydrogen) atoms. The molecule has 0 spiro atoms. The summed E-state index contributed by atoms with van der Waals surface area (Å²) in [6.45, 7) is 8.58. The second kappa shape index (κ2) is 16.6. The average molecular weight is 659 g/mol. The van der Waals surface area contributed by atoms with Crippen molar-refractivity contribution in [1.82, 2.24) is 20.1 Å². The van der Waals surface area contributed by atoms with Gasteiger partial charge in [0.25, 0.3) is 11.8 Å². The molecular formula is C31H39IN4O4. The van der Waals surface area contributed by atoms with Gasteiger partial charge < -0.3 is 18.5 Å². The number of nitrogens with zero attached hydrogens (tertiary/aromatic N) is 4. The molecule has 8 nitrogen and oxygen atoms in total. The number of aromatic nitrogens is 2. The van der Waals surface area contributed by atoms with Crippen molar-refractivity contribution in [2.45, 2.75) is 32.7 Å². The molecular weight excluding hydrogens is 619 g/mol. The summed E-state index contributed by atoms with van der Waals surface area (Å²) in [5, 5.41) is 7.91. The van der Waals surface area contributed by atoms with E-state index in [0.29, 0.717) is 25.0 Å². The summed E-state index contributed by atoms with van der Waals surface area (Å²) >= 11 is 2.20. The SMILES string of the molecule is C.C=C[C@@H](c1cc(OCc2ccccc2)no1)N(C)C.C=C[C@@H](c1onc(OCc2ccccc2)c1I)N(C)C. The Hall–Kier alpha value is -3.41. The lowest BCUT2D eigenvalue weighted by Crippen LogP contribution is -2.17. The summed E-state index contributed by atoms with van der Waals surface area (Å²) in [6, 6.07) is 21.7. The monoisotopic (exact) mass is 658 g/mol. The van der Waals surface area contributed by atoms with Gasteiger partial charge in [-0.1, -0.05) is 80.2 Å². The Bertz CT molecular complexity index is 1290. The molecule has 2 aromatic heterocycles. The molecule has 9 heteroatoms. The fourth-order valence-corrected chi connectivity index (χ4v) is 4.29. The van der Waals surface area contributed by atoms with E-state index < -0.39 is 0 Å². The smallest absolute Gasteiger partial charge is 0.268 e. The molecule has 0 bridgehead atoms. The first-order chi connectivity index (χ1) is 18.8. The molecule has 2 heterocycles. The van der Waals surface area contributed by atoms with Crippen LogP contribution in [0.2, 0.25) is 0 Å². The zero-order valence-electron chi connectivity index (χ0n) is 22.8. The van der Waals surface area contributed by atoms with E-state index in [1.54, 1.807) is 6.07 Å². The first kappa shape index (κ1) is 32.8. The third-order valence-electron chi connectivity index (χ3n) is 5.71. The number of ether oxygens (including phenoxy) is 2. The van der Waals surface area contributed by atoms with Crippen LogP contribution in [0.4, 0.5) is 0 Å². The highest BCUT2D eigenvalue weighted by molar-refractivity contribution is 14.1. The van der Waals surface area contributed by atoms with Crippen LogP contribution < -0.4 is 9.47 Å². The second-order valence-corrected chi connectivity index (χ2v) is 10.1. The minimum Gasteiger partial charge on any atom is -0.471 e. The van der Waals surface area contributed by atoms with Crippen molar-refractivity contribution in [3.8, 4) is 11.8 Å². The molecule has 0 aliphatic rings. The zero-order valence-corrected chi connectivity index (χ0v) is 24.9. The molecule has 0 radical (unpaired) electrons. The van der Waals surface area contributed by atoms with E-state index >= 15 is 0 Å². The van der Waals surface area contributed by atoms with E-state index in [0.717, 1.165) is 26.2 Å². The molecule has 4 rings (SSSR count). The maximum Gasteiger partial charge on any atom is 0.268 e. The van der Waals surface area contributed by atoms with Gasteiger partial charge in [-0.3, -0.25) is 9.80 Å². The van der Waals surface area contributed by atoms with Gasteiger partial charge >= 0.3 is 0 Å². The van der Waals surface area contributed by atoms with Crippen molar-refractivity contribution in [1.29, 1.82) is 0 Å². The summed E-state index contributed by atoms with van der Waals surface area (Å²) < 4.78 is 22.9. The number of hydrogen-bond donors (Lipinski definition) is 0. The summed E-state index contributed by atoms with van der Waals surface area (Å²) in [5.74, 6) is 2.50. The number of rotatable bonds is 12. The number of halogens is 1. The quantitative estimate of drug-likeness (QED) is 0.116. The summed E-state index contributed by atoms with van der Waals surface area (Å²) in [4.78, 5) is 4.01. The van der Waals surface area contributed by atoms with Crippen molar-refractivity contribution < 1.29 is 18.5 Å². The zero-order chi connectivity index (χ0) is 28.2. The Kier molecular flexibility index (Phi) is 13.6. The van der Waals surface area contributed by atoms with Gasteiger partial charge in [-0.15, -0.1) is 13.2 Å². The Labute approximate surface area is 251 Å². The van der Waals surface area contributed by atoms with E-state index in [4.69, 9.17) is 18.5 Å². The highest BCUT2D eigenvalue weighted by Gasteiger charge is 2.23. The summed E-state index contributed by atoms with van der Waals surface area (Å²) in [6.07, 6.45) is 3.63. The molecule has 2 atom stereocenters. The third kappa shape index (κ3) is 9.35. The predicted molar refractivity (Wildman–Crippen MR) is 167 cm³/mol. The van der Waals surface area contributed by atoms with Gasteiger partial charge in [0.05, 0.1) is 12.1 Å². The van der Waals surface area contributed by atoms with Gasteiger partial charge in [0, 0.05) is 6.07 Å². The minimum absolute atomic E-state index is 0. The van der Waals surface area contributed by atoms with Gasteiger partial charge in [-0.25, -0.2) is 0 Å². The molecule has 0 amide bonds. The van der Waals surface area contributed by atoms with E-state index in [2.05, 4.69) is 46.1 Å². The van der Waals surface area contributed by atoms with Gasteiger partial charge in [-0.2, -0.15) is 0 Å². The Balaban J connectivity index is 0.000000274. The Morgan fingerprint density at radius 2 is 1.32 bits per heavy atom. The minimum atomic E-state index is -0.0107. The largest absolute Gasteiger partial charge is 0.471 e. The van der Waals surface area contributed by atoms with E-state index in [-0.39, 0.29) is 19.5 Å². The molecule has 2 aromatic carbocycles. The predicted octanol–water partition coefficient (Wildman–Crippen LogP) is 7.33. The highest BCUT2D eigenvalue weighted by Crippen LogP contribution is 2.31. The van der Waals surface area contributed by atoms with E-state index in [9.17, 15) is 0 Å². The number of hydrogen-bond acceptors (Lipinski definition) is 8. The number of benzene rings is 2. The lowest BCUT2D eigenvalue weighted by molar-refractivity contribution is 0.248. The van der Waals surface area contributed by atoms with Crippen LogP contribution in [0.15, 0.2) is 101 Å². The summed E-state index contributed by atoms with van der Waals surface area (Å²) in [5.41, 5.74) is 2.20. The molecule has 0 unspecified atom stereocenters. The first-order valence-corrected chi connectivity index (χ1v) is 13.4. The molecule has 0 N–H and O–H groups in total. The van der Waals surface area contributed by atoms with Crippen LogP contribution >= 0.6 is 22.6 Å². The molecule has 0 fully saturated rings. The van der Waals surface area contributed by atoms with Gasteiger partial charge in [0.1, 0.15) is 16.8 Å². The van der Waals surface area contributed by atoms with Crippen molar-refractivity contribution in [2.75, 3.05) is 28.2 Å². The van der Waals surface area contributed by atoms with Crippen LogP contribution in [0.25, 0.3) is 0 Å². The standard InChI is InChI=1S/C15H17IN2O2.C15H18N2O2.CH4/c1-4-12(18(2)3)14-13(16)15(17-20-14)19-10-11-8-6-5-7-9-11;1-4-13(17(2)3)14-10-15(16-19-14)18-11-12-8-6-5-7-9-12;/h4-9,12H,1,10H2,2-3H3;4-10,13H,1,11H2,2-3H3;1H4/t12-;13-;/m00./s1. The Morgan fingerprint density at radius 1 is 0.800 bits per heavy atom. The summed E-state index contributed by atoms with van der Waals surface area (Å²) in [7, 11) is 7.85. The van der Waals surface area contributed by atoms with Crippen LogP contribution in [0.5, 0.6) is 11.8 Å². The fraction of sp³-hybridized carbons (Fsp3) is 0.290. The van der Waals surface area contributed by atoms with Crippen molar-refractivity contribution >= 4 is 22.6 Å². The number of likely N-dealkylation sites (N-methyl/N-ethyl adjacent to an activating group) is 2. The third-order valence-corrected chi connectivity index (χ3v) is 6.70. The normalized spacial score (nSPS) is 12.1. The maximum absolute atomic E-state index is 5.71. The van der Waals surface area contributed by atoms with Crippen molar-refractivity contribution in [3.63, 3.8) is 0 Å². The van der Waals surface area contributed by atoms with E-state index in [1.807, 2.05) is 111 Å². The molecule has 214 valence electrons. The molecule has 0 saturated carbocycles.